The number of rotatable bonds is 15. The fourth-order valence-corrected chi connectivity index (χ4v) is 4.41. The van der Waals surface area contributed by atoms with E-state index in [2.05, 4.69) is 19.9 Å². The predicted molar refractivity (Wildman–Crippen MR) is 120 cm³/mol. The molecule has 170 valence electrons. The maximum Gasteiger partial charge on any atom is 0.397 e. The molecule has 0 bridgehead atoms. The van der Waals surface area contributed by atoms with Gasteiger partial charge in [-0.15, -0.1) is 0 Å². The Morgan fingerprint density at radius 2 is 1.80 bits per heavy atom. The van der Waals surface area contributed by atoms with E-state index < -0.39 is 16.5 Å². The summed E-state index contributed by atoms with van der Waals surface area (Å²) >= 11 is 0. The molecule has 7 heteroatoms. The second-order valence-electron chi connectivity index (χ2n) is 8.26. The molecule has 1 aliphatic heterocycles. The lowest BCUT2D eigenvalue weighted by Gasteiger charge is -2.20. The number of hydrogen-bond donors (Lipinski definition) is 1. The van der Waals surface area contributed by atoms with Gasteiger partial charge in [-0.3, -0.25) is 4.55 Å². The average molecular weight is 441 g/mol. The van der Waals surface area contributed by atoms with Crippen molar-refractivity contribution in [2.45, 2.75) is 71.3 Å². The molecule has 0 aromatic heterocycles. The molecule has 1 heterocycles. The van der Waals surface area contributed by atoms with Gasteiger partial charge < -0.3 is 4.74 Å². The summed E-state index contributed by atoms with van der Waals surface area (Å²) in [6.07, 6.45) is 10.4. The molecule has 2 rings (SSSR count). The molecule has 1 aromatic rings. The highest BCUT2D eigenvalue weighted by molar-refractivity contribution is 7.80. The second kappa shape index (κ2) is 13.2. The van der Waals surface area contributed by atoms with Crippen molar-refractivity contribution in [2.75, 3.05) is 26.3 Å². The van der Waals surface area contributed by atoms with Crippen LogP contribution in [0.4, 0.5) is 0 Å². The Kier molecular flexibility index (Phi) is 11.0. The Balaban J connectivity index is 1.93. The van der Waals surface area contributed by atoms with E-state index in [0.29, 0.717) is 19.1 Å². The van der Waals surface area contributed by atoms with E-state index in [9.17, 15) is 13.0 Å². The summed E-state index contributed by atoms with van der Waals surface area (Å²) in [6, 6.07) is 8.16. The van der Waals surface area contributed by atoms with Crippen molar-refractivity contribution >= 4 is 16.6 Å². The van der Waals surface area contributed by atoms with Crippen LogP contribution >= 0.6 is 0 Å². The molecule has 1 N–H and O–H groups in total. The minimum absolute atomic E-state index is 0.141. The molecule has 2 atom stereocenters. The highest BCUT2D eigenvalue weighted by Gasteiger charge is 2.25. The highest BCUT2D eigenvalue weighted by atomic mass is 32.3. The SMILES string of the molecule is CCCCCC(CCCC)COCC(C[N+]1=Cc2ccccc2CC1)OS(=O)(=O)O. The largest absolute Gasteiger partial charge is 0.397 e. The van der Waals surface area contributed by atoms with Gasteiger partial charge in [0, 0.05) is 18.6 Å². The average Bonchev–Trinajstić information content (AvgIpc) is 2.70. The molecule has 0 spiro atoms. The normalized spacial score (nSPS) is 16.0. The number of ether oxygens (including phenoxy) is 1. The van der Waals surface area contributed by atoms with Crippen molar-refractivity contribution in [2.24, 2.45) is 5.92 Å². The Labute approximate surface area is 182 Å². The third-order valence-corrected chi connectivity index (χ3v) is 6.10. The fourth-order valence-electron chi connectivity index (χ4n) is 3.95. The Hall–Kier alpha value is -1.28. The van der Waals surface area contributed by atoms with Crippen LogP contribution in [0.2, 0.25) is 0 Å². The lowest BCUT2D eigenvalue weighted by atomic mass is 9.96. The first-order chi connectivity index (χ1) is 14.4. The summed E-state index contributed by atoms with van der Waals surface area (Å²) in [5.74, 6) is 0.483. The van der Waals surface area contributed by atoms with Crippen LogP contribution < -0.4 is 0 Å². The van der Waals surface area contributed by atoms with Crippen molar-refractivity contribution in [1.82, 2.24) is 0 Å². The van der Waals surface area contributed by atoms with E-state index in [1.54, 1.807) is 0 Å². The van der Waals surface area contributed by atoms with Crippen LogP contribution in [0.25, 0.3) is 0 Å². The van der Waals surface area contributed by atoms with Gasteiger partial charge in [0.05, 0.1) is 6.61 Å². The van der Waals surface area contributed by atoms with Gasteiger partial charge in [-0.2, -0.15) is 8.42 Å². The predicted octanol–water partition coefficient (Wildman–Crippen LogP) is 4.27. The lowest BCUT2D eigenvalue weighted by Crippen LogP contribution is -2.36. The summed E-state index contributed by atoms with van der Waals surface area (Å²) in [7, 11) is -4.54. The van der Waals surface area contributed by atoms with Crippen LogP contribution in [0, 0.1) is 5.92 Å². The van der Waals surface area contributed by atoms with Gasteiger partial charge in [0.1, 0.15) is 6.54 Å². The van der Waals surface area contributed by atoms with Crippen molar-refractivity contribution in [3.05, 3.63) is 35.4 Å². The van der Waals surface area contributed by atoms with Gasteiger partial charge in [0.2, 0.25) is 0 Å². The van der Waals surface area contributed by atoms with Gasteiger partial charge in [-0.25, -0.2) is 8.76 Å². The van der Waals surface area contributed by atoms with E-state index in [4.69, 9.17) is 8.92 Å². The van der Waals surface area contributed by atoms with Crippen LogP contribution in [0.1, 0.15) is 69.9 Å². The van der Waals surface area contributed by atoms with Gasteiger partial charge in [-0.1, -0.05) is 64.2 Å². The summed E-state index contributed by atoms with van der Waals surface area (Å²) < 4.78 is 44.8. The number of fused-ring (bicyclic) bond motifs is 1. The van der Waals surface area contributed by atoms with Crippen molar-refractivity contribution in [3.63, 3.8) is 0 Å². The standard InChI is InChI=1S/C23H37NO5S/c1-3-5-7-11-20(10-6-4-2)18-28-19-23(29-30(25,26)27)17-24-15-14-21-12-8-9-13-22(21)16-24/h8-9,12-13,16,20,23H,3-7,10-11,14-15,17-19H2,1-2H3/p+1. The molecule has 0 aliphatic carbocycles. The third-order valence-electron chi connectivity index (χ3n) is 5.58. The van der Waals surface area contributed by atoms with Crippen LogP contribution in [0.5, 0.6) is 0 Å². The molecule has 0 radical (unpaired) electrons. The van der Waals surface area contributed by atoms with Crippen molar-refractivity contribution in [3.8, 4) is 0 Å². The van der Waals surface area contributed by atoms with Gasteiger partial charge in [0.15, 0.2) is 18.9 Å². The Morgan fingerprint density at radius 1 is 1.07 bits per heavy atom. The van der Waals surface area contributed by atoms with E-state index in [-0.39, 0.29) is 6.61 Å². The molecular weight excluding hydrogens is 402 g/mol. The first-order valence-electron chi connectivity index (χ1n) is 11.3. The van der Waals surface area contributed by atoms with Gasteiger partial charge in [0.25, 0.3) is 0 Å². The van der Waals surface area contributed by atoms with E-state index in [1.807, 2.05) is 29.0 Å². The molecule has 0 saturated heterocycles. The number of unbranched alkanes of at least 4 members (excludes halogenated alkanes) is 3. The van der Waals surface area contributed by atoms with Crippen molar-refractivity contribution < 1.29 is 26.5 Å². The van der Waals surface area contributed by atoms with Gasteiger partial charge >= 0.3 is 10.4 Å². The number of hydrogen-bond acceptors (Lipinski definition) is 4. The van der Waals surface area contributed by atoms with E-state index in [1.165, 1.54) is 31.2 Å². The zero-order valence-corrected chi connectivity index (χ0v) is 19.3. The van der Waals surface area contributed by atoms with Gasteiger partial charge in [-0.05, 0) is 30.4 Å². The minimum atomic E-state index is -4.54. The van der Waals surface area contributed by atoms with E-state index in [0.717, 1.165) is 37.8 Å². The molecule has 0 fully saturated rings. The van der Waals surface area contributed by atoms with Crippen molar-refractivity contribution in [1.29, 1.82) is 0 Å². The van der Waals surface area contributed by atoms with Crippen LogP contribution in [-0.4, -0.2) is 56.2 Å². The quantitative estimate of drug-likeness (QED) is 0.250. The zero-order valence-electron chi connectivity index (χ0n) is 18.5. The third kappa shape index (κ3) is 9.69. The molecule has 0 saturated carbocycles. The smallest absolute Gasteiger partial charge is 0.378 e. The first kappa shape index (κ1) is 25.0. The summed E-state index contributed by atoms with van der Waals surface area (Å²) in [5, 5.41) is 0. The molecule has 6 nitrogen and oxygen atoms in total. The Morgan fingerprint density at radius 3 is 2.53 bits per heavy atom. The molecule has 1 aliphatic rings. The molecule has 30 heavy (non-hydrogen) atoms. The summed E-state index contributed by atoms with van der Waals surface area (Å²) in [4.78, 5) is 0. The maximum absolute atomic E-state index is 11.3. The summed E-state index contributed by atoms with van der Waals surface area (Å²) in [5.41, 5.74) is 2.41. The molecular formula is C23H38NO5S+. The topological polar surface area (TPSA) is 75.8 Å². The number of benzene rings is 1. The van der Waals surface area contributed by atoms with Crippen LogP contribution in [0.3, 0.4) is 0 Å². The Bertz CT molecular complexity index is 763. The highest BCUT2D eigenvalue weighted by Crippen LogP contribution is 2.18. The van der Waals surface area contributed by atoms with Crippen LogP contribution in [-0.2, 0) is 25.7 Å². The summed E-state index contributed by atoms with van der Waals surface area (Å²) in [6.45, 7) is 6.25. The molecule has 1 aromatic carbocycles. The van der Waals surface area contributed by atoms with E-state index >= 15 is 0 Å². The fraction of sp³-hybridized carbons (Fsp3) is 0.696. The number of nitrogens with zero attached hydrogens (tertiary/aromatic N) is 1. The molecule has 0 amide bonds. The minimum Gasteiger partial charge on any atom is -0.378 e. The second-order valence-corrected chi connectivity index (χ2v) is 9.31. The lowest BCUT2D eigenvalue weighted by molar-refractivity contribution is -0.532. The monoisotopic (exact) mass is 440 g/mol. The zero-order chi connectivity index (χ0) is 21.8. The molecule has 2 unspecified atom stereocenters. The van der Waals surface area contributed by atoms with Crippen LogP contribution in [0.15, 0.2) is 24.3 Å². The first-order valence-corrected chi connectivity index (χ1v) is 12.7. The maximum atomic E-state index is 11.3.